The Morgan fingerprint density at radius 1 is 1.03 bits per heavy atom. The molecule has 0 aliphatic carbocycles. The molecule has 0 radical (unpaired) electrons. The van der Waals surface area contributed by atoms with Crippen LogP contribution in [0.3, 0.4) is 0 Å². The minimum atomic E-state index is -3.99. The predicted octanol–water partition coefficient (Wildman–Crippen LogP) is 4.82. The molecule has 4 aliphatic heterocycles. The van der Waals surface area contributed by atoms with Crippen LogP contribution >= 0.6 is 11.8 Å². The Morgan fingerprint density at radius 3 is 2.44 bits per heavy atom. The van der Waals surface area contributed by atoms with Gasteiger partial charge in [0, 0.05) is 59.9 Å². The minimum Gasteiger partial charge on any atom is -0.493 e. The summed E-state index contributed by atoms with van der Waals surface area (Å²) in [5.41, 5.74) is 1.55. The van der Waals surface area contributed by atoms with Crippen molar-refractivity contribution in [2.45, 2.75) is 122 Å². The maximum absolute atomic E-state index is 14.1. The van der Waals surface area contributed by atoms with Gasteiger partial charge in [0.15, 0.2) is 11.5 Å². The summed E-state index contributed by atoms with van der Waals surface area (Å²) in [4.78, 5) is 76.4. The first-order chi connectivity index (χ1) is 35.6. The van der Waals surface area contributed by atoms with Gasteiger partial charge in [0.05, 0.1) is 38.8 Å². The molecule has 1 aromatic heterocycles. The molecule has 3 saturated heterocycles. The monoisotopic (exact) mass is 1080 g/mol. The number of hydrogen-bond acceptors (Lipinski definition) is 16. The molecular formula is C53H71N7O13S2. The number of carboxylic acids is 1. The number of ether oxygens (including phenoxy) is 4. The van der Waals surface area contributed by atoms with Crippen LogP contribution in [0.15, 0.2) is 71.4 Å². The zero-order valence-corrected chi connectivity index (χ0v) is 45.3. The van der Waals surface area contributed by atoms with E-state index >= 15 is 0 Å². The quantitative estimate of drug-likeness (QED) is 0.0330. The number of methoxy groups -OCH3 is 2. The number of amides is 2. The third-order valence-electron chi connectivity index (χ3n) is 14.9. The number of nitrogens with zero attached hydrogens (tertiary/aromatic N) is 4. The number of β-lactam (4-membered cyclic amide) rings is 1. The van der Waals surface area contributed by atoms with E-state index in [1.54, 1.807) is 34.3 Å². The Labute approximate surface area is 443 Å². The van der Waals surface area contributed by atoms with Crippen molar-refractivity contribution in [2.75, 3.05) is 52.3 Å². The Balaban J connectivity index is 0.979. The molecule has 0 saturated carbocycles. The normalized spacial score (nSPS) is 22.8. The standard InChI is InChI=1S/C53H71N7O13S2/c1-8-53(4,5)48(62)50(64)59-22-10-9-14-39(59)52(67)73-40(18-15-33-16-19-41(70-6)42(24-33)71-7)35-12-11-13-37(25-35)72-23-21-55-43-20-17-34(27-56-43)29-58-30-38(26-36(58)28-57-75(54,68)69)74-47-31(2)45-44(32(3)61)49(63)60(45)46(47)51(65)66/h11-13,16-17,19-20,24-25,27,31-32,36,38-40,44-45,57,61H,8-10,14-15,18,21-23,26,28-30H2,1-7H3,(H,55,56)(H,65,66)(H2,54,68,69)/t31-,32-,36+,38+,39+,40-,44-,45-/m1/s1. The lowest BCUT2D eigenvalue weighted by atomic mass is 9.79. The van der Waals surface area contributed by atoms with E-state index in [9.17, 15) is 42.6 Å². The summed E-state index contributed by atoms with van der Waals surface area (Å²) in [7, 11) is -0.861. The highest BCUT2D eigenvalue weighted by atomic mass is 32.2. The average molecular weight is 1080 g/mol. The first-order valence-corrected chi connectivity index (χ1v) is 27.9. The highest BCUT2D eigenvalue weighted by Crippen LogP contribution is 2.52. The van der Waals surface area contributed by atoms with Crippen LogP contribution in [0, 0.1) is 17.3 Å². The number of aliphatic hydroxyl groups excluding tert-OH is 1. The third-order valence-corrected chi connectivity index (χ3v) is 16.9. The lowest BCUT2D eigenvalue weighted by molar-refractivity contribution is -0.164. The Morgan fingerprint density at radius 2 is 1.77 bits per heavy atom. The van der Waals surface area contributed by atoms with Gasteiger partial charge in [-0.05, 0) is 98.9 Å². The second kappa shape index (κ2) is 24.5. The van der Waals surface area contributed by atoms with Crippen LogP contribution in [-0.4, -0.2) is 144 Å². The second-order valence-corrected chi connectivity index (χ2v) is 23.1. The fraction of sp³-hybridized carbons (Fsp3) is 0.547. The number of esters is 1. The molecule has 3 fully saturated rings. The molecule has 2 aromatic carbocycles. The van der Waals surface area contributed by atoms with Crippen molar-refractivity contribution in [3.05, 3.63) is 88.1 Å². The van der Waals surface area contributed by atoms with Crippen LogP contribution in [0.25, 0.3) is 0 Å². The summed E-state index contributed by atoms with van der Waals surface area (Å²) >= 11 is 1.39. The summed E-state index contributed by atoms with van der Waals surface area (Å²) < 4.78 is 49.7. The zero-order chi connectivity index (χ0) is 54.4. The number of likely N-dealkylation sites (tertiary alicyclic amines) is 2. The van der Waals surface area contributed by atoms with Crippen molar-refractivity contribution in [1.82, 2.24) is 24.4 Å². The van der Waals surface area contributed by atoms with E-state index in [0.717, 1.165) is 11.1 Å². The molecular weight excluding hydrogens is 1010 g/mol. The SMILES string of the molecule is CCC(C)(C)C(=O)C(=O)N1CCCC[C@H]1C(=O)O[C@H](CCc1ccc(OC)c(OC)c1)c1cccc(OCCNc2ccc(CN3C[C@@H](SC4=C(C(=O)O)N5C(=O)[C@H]([C@@H](C)O)[C@H]5[C@H]4C)C[C@H]3CNS(N)(=O)=O)cn2)c1. The van der Waals surface area contributed by atoms with E-state index < -0.39 is 75.4 Å². The number of Topliss-reactive ketones (excluding diaryl/α,β-unsaturated/α-hetero) is 1. The maximum atomic E-state index is 14.1. The lowest BCUT2D eigenvalue weighted by Gasteiger charge is -2.46. The topological polar surface area (TPSA) is 270 Å². The van der Waals surface area contributed by atoms with Gasteiger partial charge in [0.2, 0.25) is 11.7 Å². The van der Waals surface area contributed by atoms with Gasteiger partial charge in [-0.3, -0.25) is 19.3 Å². The number of nitrogens with one attached hydrogen (secondary N) is 2. The van der Waals surface area contributed by atoms with Crippen molar-refractivity contribution in [3.8, 4) is 17.2 Å². The van der Waals surface area contributed by atoms with E-state index in [1.165, 1.54) is 28.5 Å². The number of fused-ring (bicyclic) bond motifs is 1. The molecule has 20 nitrogen and oxygen atoms in total. The molecule has 5 heterocycles. The van der Waals surface area contributed by atoms with Crippen LogP contribution in [0.2, 0.25) is 0 Å². The van der Waals surface area contributed by atoms with E-state index in [1.807, 2.05) is 68.4 Å². The third kappa shape index (κ3) is 13.4. The fourth-order valence-corrected chi connectivity index (χ4v) is 12.4. The number of aryl methyl sites for hydroxylation is 1. The summed E-state index contributed by atoms with van der Waals surface area (Å²) in [5.74, 6) is -2.06. The number of hydrogen-bond donors (Lipinski definition) is 5. The van der Waals surface area contributed by atoms with Gasteiger partial charge < -0.3 is 44.3 Å². The van der Waals surface area contributed by atoms with Crippen LogP contribution < -0.4 is 29.4 Å². The number of anilines is 1. The summed E-state index contributed by atoms with van der Waals surface area (Å²) in [6.07, 6.45) is 3.74. The molecule has 408 valence electrons. The molecule has 75 heavy (non-hydrogen) atoms. The summed E-state index contributed by atoms with van der Waals surface area (Å²) in [6.45, 7) is 10.6. The fourth-order valence-electron chi connectivity index (χ4n) is 10.4. The van der Waals surface area contributed by atoms with Gasteiger partial charge in [-0.25, -0.2) is 24.4 Å². The molecule has 22 heteroatoms. The number of ketones is 1. The van der Waals surface area contributed by atoms with Crippen LogP contribution in [0.1, 0.15) is 95.9 Å². The van der Waals surface area contributed by atoms with Crippen LogP contribution in [-0.2, 0) is 51.9 Å². The number of thioether (sulfide) groups is 1. The summed E-state index contributed by atoms with van der Waals surface area (Å²) in [6, 6.07) is 15.1. The molecule has 2 amide bonds. The van der Waals surface area contributed by atoms with E-state index in [4.69, 9.17) is 24.1 Å². The van der Waals surface area contributed by atoms with Gasteiger partial charge in [-0.1, -0.05) is 52.0 Å². The number of piperidine rings is 1. The number of aliphatic hydroxyl groups is 1. The number of benzene rings is 2. The first kappa shape index (κ1) is 56.9. The van der Waals surface area contributed by atoms with Crippen LogP contribution in [0.5, 0.6) is 17.2 Å². The Kier molecular flexibility index (Phi) is 18.6. The number of aliphatic carboxylic acids is 1. The maximum Gasteiger partial charge on any atom is 0.353 e. The van der Waals surface area contributed by atoms with Crippen molar-refractivity contribution >= 4 is 57.3 Å². The molecule has 4 aliphatic rings. The predicted molar refractivity (Wildman–Crippen MR) is 281 cm³/mol. The largest absolute Gasteiger partial charge is 0.493 e. The van der Waals surface area contributed by atoms with Crippen LogP contribution in [0.4, 0.5) is 5.82 Å². The second-order valence-electron chi connectivity index (χ2n) is 20.4. The number of carbonyl (C=O) groups excluding carboxylic acids is 4. The molecule has 0 bridgehead atoms. The van der Waals surface area contributed by atoms with Gasteiger partial charge in [0.1, 0.15) is 36.0 Å². The molecule has 7 rings (SSSR count). The molecule has 6 N–H and O–H groups in total. The molecule has 8 atom stereocenters. The van der Waals surface area contributed by atoms with E-state index in [-0.39, 0.29) is 42.6 Å². The van der Waals surface area contributed by atoms with Gasteiger partial charge in [-0.2, -0.15) is 8.42 Å². The Hall–Kier alpha value is -5.78. The first-order valence-electron chi connectivity index (χ1n) is 25.5. The average Bonchev–Trinajstić information content (AvgIpc) is 3.90. The van der Waals surface area contributed by atoms with Crippen molar-refractivity contribution in [2.24, 2.45) is 22.4 Å². The highest BCUT2D eigenvalue weighted by molar-refractivity contribution is 8.03. The smallest absolute Gasteiger partial charge is 0.353 e. The number of rotatable bonds is 25. The number of pyridine rings is 1. The zero-order valence-electron chi connectivity index (χ0n) is 43.7. The number of nitrogens with two attached hydrogens (primary N) is 1. The highest BCUT2D eigenvalue weighted by Gasteiger charge is 2.60. The van der Waals surface area contributed by atoms with E-state index in [0.29, 0.717) is 98.1 Å². The molecule has 0 spiro atoms. The van der Waals surface area contributed by atoms with Crippen molar-refractivity contribution < 1.29 is 61.6 Å². The van der Waals surface area contributed by atoms with E-state index in [2.05, 4.69) is 19.9 Å². The van der Waals surface area contributed by atoms with Crippen molar-refractivity contribution in [1.29, 1.82) is 0 Å². The summed E-state index contributed by atoms with van der Waals surface area (Å²) in [5, 5.41) is 28.9. The number of carboxylic acid groups (broad SMARTS) is 1. The Bertz CT molecular complexity index is 2720. The lowest BCUT2D eigenvalue weighted by Crippen LogP contribution is -2.63. The number of aromatic nitrogens is 1. The molecule has 3 aromatic rings. The minimum absolute atomic E-state index is 0.0389. The molecule has 0 unspecified atom stereocenters. The van der Waals surface area contributed by atoms with Gasteiger partial charge in [-0.15, -0.1) is 11.8 Å². The number of carbonyl (C=O) groups is 5. The van der Waals surface area contributed by atoms with Crippen molar-refractivity contribution in [3.63, 3.8) is 0 Å². The van der Waals surface area contributed by atoms with Gasteiger partial charge in [0.25, 0.3) is 16.1 Å². The van der Waals surface area contributed by atoms with Gasteiger partial charge >= 0.3 is 11.9 Å².